The molecule has 3 atom stereocenters. The van der Waals surface area contributed by atoms with Crippen molar-refractivity contribution in [1.82, 2.24) is 19.8 Å². The van der Waals surface area contributed by atoms with Crippen LogP contribution in [0.25, 0.3) is 15.6 Å². The van der Waals surface area contributed by atoms with E-state index in [-0.39, 0.29) is 24.8 Å². The lowest BCUT2D eigenvalue weighted by molar-refractivity contribution is 0.0151. The van der Waals surface area contributed by atoms with Gasteiger partial charge in [-0.15, -0.1) is 0 Å². The summed E-state index contributed by atoms with van der Waals surface area (Å²) in [6.07, 6.45) is -0.268. The first kappa shape index (κ1) is 31.8. The van der Waals surface area contributed by atoms with Crippen LogP contribution >= 0.6 is 11.6 Å². The lowest BCUT2D eigenvalue weighted by Gasteiger charge is -2.41. The third kappa shape index (κ3) is 7.17. The summed E-state index contributed by atoms with van der Waals surface area (Å²) in [5.74, 6) is 0.718. The molecule has 2 aromatic carbocycles. The van der Waals surface area contributed by atoms with Gasteiger partial charge in [-0.2, -0.15) is 9.97 Å². The Morgan fingerprint density at radius 1 is 1.20 bits per heavy atom. The number of hydrogen-bond acceptors (Lipinski definition) is 8. The highest BCUT2D eigenvalue weighted by Crippen LogP contribution is 2.39. The van der Waals surface area contributed by atoms with Gasteiger partial charge in [-0.3, -0.25) is 4.90 Å². The largest absolute Gasteiger partial charge is 0.459 e. The van der Waals surface area contributed by atoms with E-state index in [1.54, 1.807) is 4.90 Å². The predicted molar refractivity (Wildman–Crippen MR) is 171 cm³/mol. The number of piperazine rings is 1. The number of amides is 1. The molecule has 0 aliphatic carbocycles. The van der Waals surface area contributed by atoms with Crippen LogP contribution in [0.2, 0.25) is 5.02 Å². The second kappa shape index (κ2) is 13.1. The van der Waals surface area contributed by atoms with E-state index in [9.17, 15) is 4.79 Å². The van der Waals surface area contributed by atoms with E-state index in [2.05, 4.69) is 32.8 Å². The summed E-state index contributed by atoms with van der Waals surface area (Å²) in [4.78, 5) is 32.3. The molecule has 0 N–H and O–H groups in total. The number of rotatable bonds is 7. The van der Waals surface area contributed by atoms with Crippen LogP contribution in [0, 0.1) is 6.57 Å². The normalized spacial score (nSPS) is 19.4. The Morgan fingerprint density at radius 2 is 1.95 bits per heavy atom. The zero-order valence-electron chi connectivity index (χ0n) is 26.3. The molecule has 1 unspecified atom stereocenters. The van der Waals surface area contributed by atoms with Crippen LogP contribution in [0.5, 0.6) is 6.01 Å². The molecule has 0 saturated carbocycles. The van der Waals surface area contributed by atoms with E-state index in [0.29, 0.717) is 50.2 Å². The number of nitrogens with zero attached hydrogens (tertiary/aromatic N) is 6. The smallest absolute Gasteiger partial charge is 0.410 e. The lowest BCUT2D eigenvalue weighted by atomic mass is 9.94. The molecule has 1 amide bonds. The predicted octanol–water partition coefficient (Wildman–Crippen LogP) is 5.77. The molecular formula is C33H41ClN6O4. The van der Waals surface area contributed by atoms with Crippen LogP contribution in [-0.4, -0.2) is 90.4 Å². The van der Waals surface area contributed by atoms with Crippen LogP contribution in [0.4, 0.5) is 10.6 Å². The van der Waals surface area contributed by atoms with Crippen molar-refractivity contribution < 1.29 is 19.0 Å². The van der Waals surface area contributed by atoms with Gasteiger partial charge in [-0.1, -0.05) is 41.9 Å². The number of benzene rings is 2. The van der Waals surface area contributed by atoms with Crippen molar-refractivity contribution in [2.75, 3.05) is 51.7 Å². The molecule has 1 fully saturated rings. The van der Waals surface area contributed by atoms with E-state index in [0.717, 1.165) is 33.4 Å². The van der Waals surface area contributed by atoms with Gasteiger partial charge in [0.1, 0.15) is 23.6 Å². The minimum atomic E-state index is -0.625. The third-order valence-electron chi connectivity index (χ3n) is 7.73. The Hall–Kier alpha value is -3.65. The number of halogens is 1. The van der Waals surface area contributed by atoms with Gasteiger partial charge in [0.2, 0.25) is 6.54 Å². The van der Waals surface area contributed by atoms with E-state index in [4.69, 9.17) is 42.4 Å². The molecule has 0 bridgehead atoms. The average molecular weight is 621 g/mol. The monoisotopic (exact) mass is 620 g/mol. The van der Waals surface area contributed by atoms with Crippen LogP contribution in [0.1, 0.15) is 50.6 Å². The van der Waals surface area contributed by atoms with Gasteiger partial charge in [0.15, 0.2) is 0 Å². The maximum atomic E-state index is 13.0. The Morgan fingerprint density at radius 3 is 2.66 bits per heavy atom. The Kier molecular flexibility index (Phi) is 9.49. The number of aromatic nitrogens is 2. The SMILES string of the molecule is [C-]#[N+]C[C@H]1CN(c2nc(OC(C)CN(C)C)nc3c2CO[C@H](c2cccc4cccc(Cl)c24)C3)CCN1C(=O)OC(C)(C)C. The lowest BCUT2D eigenvalue weighted by Crippen LogP contribution is -2.57. The molecule has 5 rings (SSSR count). The van der Waals surface area contributed by atoms with Gasteiger partial charge in [0, 0.05) is 48.6 Å². The van der Waals surface area contributed by atoms with Crippen molar-refractivity contribution in [2.45, 2.75) is 64.6 Å². The van der Waals surface area contributed by atoms with Crippen molar-refractivity contribution >= 4 is 34.3 Å². The highest BCUT2D eigenvalue weighted by molar-refractivity contribution is 6.35. The number of anilines is 1. The zero-order chi connectivity index (χ0) is 31.6. The summed E-state index contributed by atoms with van der Waals surface area (Å²) >= 11 is 6.67. The molecule has 0 spiro atoms. The van der Waals surface area contributed by atoms with Crippen molar-refractivity contribution in [2.24, 2.45) is 0 Å². The van der Waals surface area contributed by atoms with E-state index >= 15 is 0 Å². The van der Waals surface area contributed by atoms with Crippen molar-refractivity contribution in [3.8, 4) is 6.01 Å². The van der Waals surface area contributed by atoms with Crippen molar-refractivity contribution in [1.29, 1.82) is 0 Å². The second-order valence-corrected chi connectivity index (χ2v) is 13.2. The second-order valence-electron chi connectivity index (χ2n) is 12.7. The minimum Gasteiger partial charge on any atom is -0.459 e. The van der Waals surface area contributed by atoms with Gasteiger partial charge in [0.25, 0.3) is 0 Å². The molecular weight excluding hydrogens is 580 g/mol. The molecule has 234 valence electrons. The maximum absolute atomic E-state index is 13.0. The Bertz CT molecular complexity index is 1550. The first-order valence-electron chi connectivity index (χ1n) is 15.0. The molecule has 3 heterocycles. The topological polar surface area (TPSA) is 84.6 Å². The quantitative estimate of drug-likeness (QED) is 0.308. The van der Waals surface area contributed by atoms with E-state index < -0.39 is 11.7 Å². The molecule has 3 aromatic rings. The van der Waals surface area contributed by atoms with Crippen molar-refractivity contribution in [3.05, 3.63) is 69.7 Å². The summed E-state index contributed by atoms with van der Waals surface area (Å²) in [7, 11) is 4.00. The minimum absolute atomic E-state index is 0.137. The Labute approximate surface area is 264 Å². The number of carbonyl (C=O) groups excluding carboxylic acids is 1. The number of fused-ring (bicyclic) bond motifs is 2. The van der Waals surface area contributed by atoms with E-state index in [1.165, 1.54) is 0 Å². The van der Waals surface area contributed by atoms with Crippen LogP contribution in [0.3, 0.4) is 0 Å². The number of carbonyl (C=O) groups is 1. The molecule has 10 nitrogen and oxygen atoms in total. The van der Waals surface area contributed by atoms with Gasteiger partial charge < -0.3 is 28.9 Å². The van der Waals surface area contributed by atoms with Crippen LogP contribution in [-0.2, 0) is 22.5 Å². The molecule has 11 heteroatoms. The third-order valence-corrected chi connectivity index (χ3v) is 8.05. The number of ether oxygens (including phenoxy) is 3. The fraction of sp³-hybridized carbons (Fsp3) is 0.515. The molecule has 1 aromatic heterocycles. The molecule has 1 saturated heterocycles. The van der Waals surface area contributed by atoms with Crippen LogP contribution < -0.4 is 9.64 Å². The molecule has 0 radical (unpaired) electrons. The van der Waals surface area contributed by atoms with E-state index in [1.807, 2.05) is 60.0 Å². The van der Waals surface area contributed by atoms with Gasteiger partial charge >= 0.3 is 12.1 Å². The maximum Gasteiger partial charge on any atom is 0.410 e. The molecule has 44 heavy (non-hydrogen) atoms. The fourth-order valence-electron chi connectivity index (χ4n) is 5.94. The summed E-state index contributed by atoms with van der Waals surface area (Å²) in [6, 6.07) is 12.0. The summed E-state index contributed by atoms with van der Waals surface area (Å²) in [5.41, 5.74) is 2.15. The highest BCUT2D eigenvalue weighted by atomic mass is 35.5. The van der Waals surface area contributed by atoms with Gasteiger partial charge in [-0.05, 0) is 58.8 Å². The summed E-state index contributed by atoms with van der Waals surface area (Å²) in [5, 5.41) is 2.73. The fourth-order valence-corrected chi connectivity index (χ4v) is 6.23. The number of hydrogen-bond donors (Lipinski definition) is 0. The van der Waals surface area contributed by atoms with Crippen LogP contribution in [0.15, 0.2) is 36.4 Å². The first-order chi connectivity index (χ1) is 20.9. The molecule has 2 aliphatic rings. The number of likely N-dealkylation sites (N-methyl/N-ethyl adjacent to an activating group) is 1. The summed E-state index contributed by atoms with van der Waals surface area (Å²) < 4.78 is 18.4. The first-order valence-corrected chi connectivity index (χ1v) is 15.4. The Balaban J connectivity index is 1.49. The van der Waals surface area contributed by atoms with Gasteiger partial charge in [-0.25, -0.2) is 11.4 Å². The standard InChI is InChI=1S/C33H41ClN6O4/c1-21(18-38(6)7)43-31-36-27-16-28(24-12-8-10-22-11-9-13-26(34)29(22)24)42-20-25(27)30(37-31)39-14-15-40(23(19-39)17-35-5)32(41)44-33(2,3)4/h8-13,21,23,28H,14-20H2,1-4,6-7H3/t21?,23-,28-/m0/s1. The van der Waals surface area contributed by atoms with Crippen molar-refractivity contribution in [3.63, 3.8) is 0 Å². The highest BCUT2D eigenvalue weighted by Gasteiger charge is 2.38. The molecule has 2 aliphatic heterocycles. The average Bonchev–Trinajstić information content (AvgIpc) is 2.95. The zero-order valence-corrected chi connectivity index (χ0v) is 27.1. The summed E-state index contributed by atoms with van der Waals surface area (Å²) in [6.45, 7) is 17.6. The van der Waals surface area contributed by atoms with Gasteiger partial charge in [0.05, 0.1) is 18.4 Å².